The lowest BCUT2D eigenvalue weighted by Gasteiger charge is -2.29. The predicted octanol–water partition coefficient (Wildman–Crippen LogP) is 3.49. The molecule has 4 aromatic rings. The van der Waals surface area contributed by atoms with Gasteiger partial charge in [-0.1, -0.05) is 0 Å². The second kappa shape index (κ2) is 7.40. The molecule has 1 unspecified atom stereocenters. The average molecular weight is 395 g/mol. The Bertz CT molecular complexity index is 1130. The van der Waals surface area contributed by atoms with Crippen molar-refractivity contribution in [3.8, 4) is 11.1 Å². The first-order chi connectivity index (χ1) is 14.2. The molecule has 4 aromatic heterocycles. The van der Waals surface area contributed by atoms with Crippen LogP contribution in [0.1, 0.15) is 32.6 Å². The highest BCUT2D eigenvalue weighted by atomic mass is 19.1. The first-order valence-electron chi connectivity index (χ1n) is 9.85. The predicted molar refractivity (Wildman–Crippen MR) is 106 cm³/mol. The lowest BCUT2D eigenvalue weighted by atomic mass is 9.93. The van der Waals surface area contributed by atoms with Crippen LogP contribution in [0, 0.1) is 0 Å². The van der Waals surface area contributed by atoms with Crippen molar-refractivity contribution in [3.05, 3.63) is 43.2 Å². The molecule has 1 atom stereocenters. The van der Waals surface area contributed by atoms with Gasteiger partial charge in [0.1, 0.15) is 0 Å². The number of nitrogens with zero attached hydrogens (tertiary/aromatic N) is 6. The molecule has 0 aromatic carbocycles. The number of hydrogen-bond donors (Lipinski definition) is 1. The van der Waals surface area contributed by atoms with Crippen molar-refractivity contribution in [1.29, 1.82) is 0 Å². The number of rotatable bonds is 5. The van der Waals surface area contributed by atoms with Gasteiger partial charge in [0.2, 0.25) is 11.7 Å². The van der Waals surface area contributed by atoms with E-state index < -0.39 is 6.36 Å². The molecule has 0 saturated heterocycles. The maximum Gasteiger partial charge on any atom is 0.241 e. The van der Waals surface area contributed by atoms with Gasteiger partial charge in [0.25, 0.3) is 0 Å². The number of fused-ring (bicyclic) bond motifs is 2. The summed E-state index contributed by atoms with van der Waals surface area (Å²) in [6, 6.07) is 2.28. The van der Waals surface area contributed by atoms with E-state index in [-0.39, 0.29) is 12.1 Å². The largest absolute Gasteiger partial charge is 0.350 e. The number of imidazole rings is 1. The number of nitrogens with one attached hydrogen (secondary N) is 1. The lowest BCUT2D eigenvalue weighted by molar-refractivity contribution is -0.0862. The third-order valence-corrected chi connectivity index (χ3v) is 5.36. The van der Waals surface area contributed by atoms with Crippen molar-refractivity contribution in [2.45, 2.75) is 51.1 Å². The molecule has 0 bridgehead atoms. The van der Waals surface area contributed by atoms with Crippen LogP contribution >= 0.6 is 0 Å². The fourth-order valence-electron chi connectivity index (χ4n) is 3.96. The minimum Gasteiger partial charge on any atom is -0.350 e. The summed E-state index contributed by atoms with van der Waals surface area (Å²) in [5.74, 6) is 1.26. The SMILES string of the molecule is CC(F)OC1CCC(Nc2ncc3c(-c4cnc5nccn5c4)ccn3n2)CC1. The first kappa shape index (κ1) is 18.0. The summed E-state index contributed by atoms with van der Waals surface area (Å²) in [5.41, 5.74) is 2.89. The van der Waals surface area contributed by atoms with Crippen molar-refractivity contribution >= 4 is 17.2 Å². The molecular weight excluding hydrogens is 373 g/mol. The van der Waals surface area contributed by atoms with Crippen LogP contribution in [0.15, 0.2) is 43.2 Å². The zero-order chi connectivity index (χ0) is 19.8. The Hall–Kier alpha value is -3.07. The molecule has 1 fully saturated rings. The first-order valence-corrected chi connectivity index (χ1v) is 9.85. The molecule has 5 rings (SSSR count). The van der Waals surface area contributed by atoms with Crippen LogP contribution in [0.3, 0.4) is 0 Å². The topological polar surface area (TPSA) is 81.6 Å². The minimum atomic E-state index is -1.21. The van der Waals surface area contributed by atoms with E-state index >= 15 is 0 Å². The summed E-state index contributed by atoms with van der Waals surface area (Å²) < 4.78 is 22.0. The molecule has 0 radical (unpaired) electrons. The maximum absolute atomic E-state index is 13.0. The molecule has 4 heterocycles. The average Bonchev–Trinajstić information content (AvgIpc) is 3.35. The monoisotopic (exact) mass is 395 g/mol. The van der Waals surface area contributed by atoms with Crippen molar-refractivity contribution in [2.24, 2.45) is 0 Å². The number of anilines is 1. The van der Waals surface area contributed by atoms with Crippen molar-refractivity contribution in [1.82, 2.24) is 29.0 Å². The third-order valence-electron chi connectivity index (χ3n) is 5.36. The van der Waals surface area contributed by atoms with Crippen molar-refractivity contribution in [3.63, 3.8) is 0 Å². The summed E-state index contributed by atoms with van der Waals surface area (Å²) in [6.07, 6.45) is 13.4. The third kappa shape index (κ3) is 3.65. The summed E-state index contributed by atoms with van der Waals surface area (Å²) in [4.78, 5) is 13.1. The molecule has 1 aliphatic rings. The fourth-order valence-corrected chi connectivity index (χ4v) is 3.96. The second-order valence-electron chi connectivity index (χ2n) is 7.42. The van der Waals surface area contributed by atoms with Crippen LogP contribution in [0.25, 0.3) is 22.4 Å². The van der Waals surface area contributed by atoms with Crippen LogP contribution in [-0.4, -0.2) is 47.5 Å². The molecule has 1 saturated carbocycles. The number of aromatic nitrogens is 6. The molecule has 0 aliphatic heterocycles. The quantitative estimate of drug-likeness (QED) is 0.557. The molecule has 150 valence electrons. The van der Waals surface area contributed by atoms with E-state index in [4.69, 9.17) is 4.74 Å². The lowest BCUT2D eigenvalue weighted by Crippen LogP contribution is -2.31. The van der Waals surface area contributed by atoms with Gasteiger partial charge in [0, 0.05) is 48.2 Å². The van der Waals surface area contributed by atoms with Gasteiger partial charge in [-0.15, -0.1) is 5.10 Å². The van der Waals surface area contributed by atoms with Crippen molar-refractivity contribution < 1.29 is 9.13 Å². The highest BCUT2D eigenvalue weighted by Crippen LogP contribution is 2.26. The summed E-state index contributed by atoms with van der Waals surface area (Å²) >= 11 is 0. The number of halogens is 1. The molecular formula is C20H22FN7O. The van der Waals surface area contributed by atoms with Gasteiger partial charge in [-0.3, -0.25) is 4.40 Å². The molecule has 9 heteroatoms. The van der Waals surface area contributed by atoms with Gasteiger partial charge in [0.15, 0.2) is 6.36 Å². The van der Waals surface area contributed by atoms with Gasteiger partial charge in [-0.2, -0.15) is 0 Å². The highest BCUT2D eigenvalue weighted by molar-refractivity contribution is 5.79. The zero-order valence-electron chi connectivity index (χ0n) is 16.1. The Morgan fingerprint density at radius 3 is 2.83 bits per heavy atom. The van der Waals surface area contributed by atoms with Crippen LogP contribution < -0.4 is 5.32 Å². The molecule has 1 aliphatic carbocycles. The number of alkyl halides is 1. The Morgan fingerprint density at radius 2 is 2.00 bits per heavy atom. The van der Waals surface area contributed by atoms with E-state index in [1.807, 2.05) is 46.0 Å². The summed E-state index contributed by atoms with van der Waals surface area (Å²) in [7, 11) is 0. The number of hydrogen-bond acceptors (Lipinski definition) is 6. The fraction of sp³-hybridized carbons (Fsp3) is 0.400. The normalized spacial score (nSPS) is 20.9. The van der Waals surface area contributed by atoms with Crippen LogP contribution in [0.5, 0.6) is 0 Å². The Labute approximate surface area is 166 Å². The summed E-state index contributed by atoms with van der Waals surface area (Å²) in [5, 5.41) is 8.00. The van der Waals surface area contributed by atoms with E-state index in [2.05, 4.69) is 25.4 Å². The molecule has 8 nitrogen and oxygen atoms in total. The van der Waals surface area contributed by atoms with Gasteiger partial charge in [0.05, 0.1) is 17.8 Å². The van der Waals surface area contributed by atoms with Crippen LogP contribution in [-0.2, 0) is 4.74 Å². The second-order valence-corrected chi connectivity index (χ2v) is 7.42. The highest BCUT2D eigenvalue weighted by Gasteiger charge is 2.23. The van der Waals surface area contributed by atoms with Crippen LogP contribution in [0.4, 0.5) is 10.3 Å². The zero-order valence-corrected chi connectivity index (χ0v) is 16.1. The Balaban J connectivity index is 1.32. The molecule has 0 spiro atoms. The van der Waals surface area contributed by atoms with Gasteiger partial charge < -0.3 is 10.1 Å². The van der Waals surface area contributed by atoms with Gasteiger partial charge in [-0.25, -0.2) is 23.9 Å². The van der Waals surface area contributed by atoms with E-state index in [9.17, 15) is 4.39 Å². The van der Waals surface area contributed by atoms with E-state index in [1.165, 1.54) is 6.92 Å². The maximum atomic E-state index is 13.0. The van der Waals surface area contributed by atoms with Gasteiger partial charge >= 0.3 is 0 Å². The number of ether oxygens (including phenoxy) is 1. The molecule has 29 heavy (non-hydrogen) atoms. The van der Waals surface area contributed by atoms with Crippen LogP contribution in [0.2, 0.25) is 0 Å². The summed E-state index contributed by atoms with van der Waals surface area (Å²) in [6.45, 7) is 1.43. The standard InChI is InChI=1S/C20H22FN7O/c1-13(21)29-16-4-2-15(3-5-16)25-19-23-11-18-17(6-8-28(18)26-19)14-10-24-20-22-7-9-27(20)12-14/h6-13,15-16H,2-5H2,1H3,(H,25,26). The van der Waals surface area contributed by atoms with E-state index in [1.54, 1.807) is 6.20 Å². The van der Waals surface area contributed by atoms with E-state index in [0.717, 1.165) is 42.3 Å². The Morgan fingerprint density at radius 1 is 1.14 bits per heavy atom. The molecule has 1 N–H and O–H groups in total. The smallest absolute Gasteiger partial charge is 0.241 e. The Kier molecular flexibility index (Phi) is 4.59. The van der Waals surface area contributed by atoms with E-state index in [0.29, 0.717) is 11.7 Å². The minimum absolute atomic E-state index is 0.00454. The van der Waals surface area contributed by atoms with Crippen molar-refractivity contribution in [2.75, 3.05) is 5.32 Å². The van der Waals surface area contributed by atoms with Gasteiger partial charge in [-0.05, 0) is 38.7 Å². The molecule has 0 amide bonds.